The molecule has 0 saturated carbocycles. The van der Waals surface area contributed by atoms with E-state index < -0.39 is 34.6 Å². The molecule has 0 heterocycles. The van der Waals surface area contributed by atoms with Gasteiger partial charge < -0.3 is 10.2 Å². The monoisotopic (exact) mass is 339 g/mol. The van der Waals surface area contributed by atoms with Crippen LogP contribution in [-0.4, -0.2) is 32.1 Å². The first-order chi connectivity index (χ1) is 10.0. The number of carbonyl (C=O) groups is 1. The lowest BCUT2D eigenvalue weighted by Gasteiger charge is -2.18. The van der Waals surface area contributed by atoms with Crippen LogP contribution in [0.25, 0.3) is 0 Å². The summed E-state index contributed by atoms with van der Waals surface area (Å²) < 4.78 is 38.0. The van der Waals surface area contributed by atoms with Gasteiger partial charge in [-0.2, -0.15) is 13.2 Å². The molecule has 0 aliphatic rings. The van der Waals surface area contributed by atoms with Gasteiger partial charge in [-0.3, -0.25) is 14.9 Å². The van der Waals surface area contributed by atoms with Gasteiger partial charge in [0.25, 0.3) is 5.69 Å². The molecule has 22 heavy (non-hydrogen) atoms. The molecule has 0 saturated heterocycles. The van der Waals surface area contributed by atoms with E-state index in [2.05, 4.69) is 0 Å². The van der Waals surface area contributed by atoms with E-state index in [9.17, 15) is 38.3 Å². The second kappa shape index (κ2) is 7.07. The Morgan fingerprint density at radius 1 is 1.41 bits per heavy atom. The number of carbonyl (C=O) groups excluding carboxylic acids is 1. The number of nitro groups is 1. The minimum atomic E-state index is -4.91. The average Bonchev–Trinajstić information content (AvgIpc) is 2.42. The smallest absolute Gasteiger partial charge is 0.389 e. The number of nitrogens with zero attached hydrogens (tertiary/aromatic N) is 1. The fourth-order valence-electron chi connectivity index (χ4n) is 1.64. The van der Waals surface area contributed by atoms with Gasteiger partial charge in [-0.15, -0.1) is 0 Å². The Hall–Kier alpha value is -1.65. The molecule has 0 aliphatic heterocycles. The normalized spacial score (nSPS) is 14.5. The second-order valence-corrected chi connectivity index (χ2v) is 5.54. The minimum absolute atomic E-state index is 0.189. The quantitative estimate of drug-likeness (QED) is 0.630. The summed E-state index contributed by atoms with van der Waals surface area (Å²) in [6.45, 7) is 1.24. The summed E-state index contributed by atoms with van der Waals surface area (Å²) in [5.74, 6) is -0.189. The summed E-state index contributed by atoms with van der Waals surface area (Å²) >= 11 is 0.718. The molecule has 2 atom stereocenters. The molecule has 1 aromatic carbocycles. The number of aliphatic hydroxyl groups is 2. The Kier molecular flexibility index (Phi) is 5.92. The van der Waals surface area contributed by atoms with Crippen molar-refractivity contribution in [1.29, 1.82) is 0 Å². The molecular weight excluding hydrogens is 327 g/mol. The minimum Gasteiger partial charge on any atom is -0.389 e. The molecule has 2 N–H and O–H groups in total. The van der Waals surface area contributed by atoms with E-state index in [1.165, 1.54) is 6.92 Å². The van der Waals surface area contributed by atoms with Crippen LogP contribution in [0.1, 0.15) is 24.2 Å². The number of hydrogen-bond acceptors (Lipinski definition) is 6. The number of rotatable bonds is 5. The fourth-order valence-corrected chi connectivity index (χ4v) is 2.23. The van der Waals surface area contributed by atoms with Gasteiger partial charge in [0, 0.05) is 18.7 Å². The summed E-state index contributed by atoms with van der Waals surface area (Å²) in [6.07, 6.45) is -8.01. The predicted octanol–water partition coefficient (Wildman–Crippen LogP) is 2.29. The zero-order valence-corrected chi connectivity index (χ0v) is 12.0. The van der Waals surface area contributed by atoms with Gasteiger partial charge >= 0.3 is 6.18 Å². The van der Waals surface area contributed by atoms with E-state index in [-0.39, 0.29) is 16.4 Å². The molecule has 0 aromatic heterocycles. The Bertz CT molecular complexity index is 578. The molecule has 1 aromatic rings. The van der Waals surface area contributed by atoms with Crippen molar-refractivity contribution < 1.29 is 33.1 Å². The van der Waals surface area contributed by atoms with Crippen LogP contribution < -0.4 is 0 Å². The highest BCUT2D eigenvalue weighted by molar-refractivity contribution is 8.13. The molecule has 0 aliphatic carbocycles. The van der Waals surface area contributed by atoms with Crippen molar-refractivity contribution >= 4 is 22.6 Å². The summed E-state index contributed by atoms with van der Waals surface area (Å²) in [4.78, 5) is 20.3. The van der Waals surface area contributed by atoms with Crippen LogP contribution in [0.5, 0.6) is 0 Å². The van der Waals surface area contributed by atoms with Crippen molar-refractivity contribution in [3.8, 4) is 0 Å². The highest BCUT2D eigenvalue weighted by atomic mass is 32.2. The summed E-state index contributed by atoms with van der Waals surface area (Å²) in [5.41, 5.74) is -2.90. The lowest BCUT2D eigenvalue weighted by Crippen LogP contribution is -2.22. The zero-order chi connectivity index (χ0) is 17.1. The second-order valence-electron chi connectivity index (χ2n) is 4.35. The van der Waals surface area contributed by atoms with Crippen LogP contribution in [0.2, 0.25) is 0 Å². The SMILES string of the molecule is CC(=O)SCC(O)C(O)c1ccc(C(F)(F)F)c([N+](=O)[O-])c1. The number of thioether (sulfide) groups is 1. The number of halogens is 3. The average molecular weight is 339 g/mol. The third kappa shape index (κ3) is 4.68. The Labute approximate surface area is 127 Å². The lowest BCUT2D eigenvalue weighted by molar-refractivity contribution is -0.388. The van der Waals surface area contributed by atoms with Crippen LogP contribution in [-0.2, 0) is 11.0 Å². The predicted molar refractivity (Wildman–Crippen MR) is 72.2 cm³/mol. The Morgan fingerprint density at radius 2 is 2.00 bits per heavy atom. The maximum Gasteiger partial charge on any atom is 0.422 e. The highest BCUT2D eigenvalue weighted by Crippen LogP contribution is 2.37. The zero-order valence-electron chi connectivity index (χ0n) is 11.2. The van der Waals surface area contributed by atoms with E-state index >= 15 is 0 Å². The van der Waals surface area contributed by atoms with E-state index in [0.29, 0.717) is 12.1 Å². The first-order valence-corrected chi connectivity index (χ1v) is 6.87. The van der Waals surface area contributed by atoms with Crippen molar-refractivity contribution in [2.24, 2.45) is 0 Å². The van der Waals surface area contributed by atoms with E-state index in [1.807, 2.05) is 0 Å². The first kappa shape index (κ1) is 18.4. The van der Waals surface area contributed by atoms with Gasteiger partial charge in [-0.25, -0.2) is 0 Å². The first-order valence-electron chi connectivity index (χ1n) is 5.89. The Balaban J connectivity index is 3.09. The molecule has 1 rings (SSSR count). The van der Waals surface area contributed by atoms with Gasteiger partial charge in [0.2, 0.25) is 0 Å². The summed E-state index contributed by atoms with van der Waals surface area (Å²) in [6, 6.07) is 1.89. The number of alkyl halides is 3. The highest BCUT2D eigenvalue weighted by Gasteiger charge is 2.38. The van der Waals surface area contributed by atoms with Crippen LogP contribution >= 0.6 is 11.8 Å². The summed E-state index contributed by atoms with van der Waals surface area (Å²) in [5, 5.41) is 29.9. The van der Waals surface area contributed by atoms with Crippen LogP contribution in [0.4, 0.5) is 18.9 Å². The largest absolute Gasteiger partial charge is 0.422 e. The molecule has 0 radical (unpaired) electrons. The van der Waals surface area contributed by atoms with Crippen molar-refractivity contribution in [3.63, 3.8) is 0 Å². The van der Waals surface area contributed by atoms with Crippen LogP contribution in [0.3, 0.4) is 0 Å². The van der Waals surface area contributed by atoms with Gasteiger partial charge in [-0.05, 0) is 11.6 Å². The number of nitro benzene ring substituents is 1. The maximum absolute atomic E-state index is 12.7. The Morgan fingerprint density at radius 3 is 2.45 bits per heavy atom. The molecule has 10 heteroatoms. The van der Waals surface area contributed by atoms with Gasteiger partial charge in [0.1, 0.15) is 11.7 Å². The topological polar surface area (TPSA) is 101 Å². The lowest BCUT2D eigenvalue weighted by atomic mass is 10.0. The third-order valence-electron chi connectivity index (χ3n) is 2.69. The van der Waals surface area contributed by atoms with E-state index in [4.69, 9.17) is 0 Å². The van der Waals surface area contributed by atoms with Crippen LogP contribution in [0, 0.1) is 10.1 Å². The number of benzene rings is 1. The van der Waals surface area contributed by atoms with E-state index in [1.54, 1.807) is 0 Å². The summed E-state index contributed by atoms with van der Waals surface area (Å²) in [7, 11) is 0. The molecule has 0 amide bonds. The molecule has 0 spiro atoms. The number of hydrogen-bond donors (Lipinski definition) is 2. The van der Waals surface area contributed by atoms with Crippen molar-refractivity contribution in [3.05, 3.63) is 39.4 Å². The van der Waals surface area contributed by atoms with Crippen molar-refractivity contribution in [1.82, 2.24) is 0 Å². The third-order valence-corrected chi connectivity index (χ3v) is 3.60. The van der Waals surface area contributed by atoms with Gasteiger partial charge in [0.05, 0.1) is 11.0 Å². The van der Waals surface area contributed by atoms with Crippen molar-refractivity contribution in [2.45, 2.75) is 25.3 Å². The molecular formula is C12H12F3NO5S. The molecule has 0 bridgehead atoms. The maximum atomic E-state index is 12.7. The number of aliphatic hydroxyl groups excluding tert-OH is 2. The molecule has 2 unspecified atom stereocenters. The van der Waals surface area contributed by atoms with Crippen molar-refractivity contribution in [2.75, 3.05) is 5.75 Å². The van der Waals surface area contributed by atoms with Gasteiger partial charge in [0.15, 0.2) is 5.12 Å². The fraction of sp³-hybridized carbons (Fsp3) is 0.417. The van der Waals surface area contributed by atoms with Crippen LogP contribution in [0.15, 0.2) is 18.2 Å². The molecule has 0 fully saturated rings. The standard InChI is InChI=1S/C12H12F3NO5S/c1-6(17)22-5-10(18)11(19)7-2-3-8(12(13,14)15)9(4-7)16(20)21/h2-4,10-11,18-19H,5H2,1H3. The molecule has 122 valence electrons. The van der Waals surface area contributed by atoms with E-state index in [0.717, 1.165) is 17.8 Å². The molecule has 6 nitrogen and oxygen atoms in total. The van der Waals surface area contributed by atoms with Gasteiger partial charge in [-0.1, -0.05) is 17.8 Å².